The molecule has 10 rings (SSSR count). The number of ether oxygens (including phenoxy) is 3. The molecular formula is C47H44FN5O9. The van der Waals surface area contributed by atoms with Crippen molar-refractivity contribution < 1.29 is 42.9 Å². The maximum absolute atomic E-state index is 15.4. The van der Waals surface area contributed by atoms with Crippen LogP contribution in [0, 0.1) is 18.2 Å². The van der Waals surface area contributed by atoms with Crippen molar-refractivity contribution >= 4 is 34.8 Å². The van der Waals surface area contributed by atoms with Crippen molar-refractivity contribution in [2.75, 3.05) is 26.9 Å². The molecule has 0 bridgehead atoms. The first-order valence-corrected chi connectivity index (χ1v) is 20.9. The van der Waals surface area contributed by atoms with Crippen molar-refractivity contribution in [3.8, 4) is 22.5 Å². The maximum Gasteiger partial charge on any atom is 0.410 e. The Labute approximate surface area is 355 Å². The minimum absolute atomic E-state index is 0.00872. The third kappa shape index (κ3) is 6.11. The molecule has 4 heterocycles. The van der Waals surface area contributed by atoms with Crippen LogP contribution in [0.4, 0.5) is 9.18 Å². The zero-order valence-corrected chi connectivity index (χ0v) is 34.4. The highest BCUT2D eigenvalue weighted by Gasteiger charge is 2.51. The second-order valence-electron chi connectivity index (χ2n) is 17.0. The minimum atomic E-state index is -2.01. The molecule has 2 aromatic heterocycles. The molecule has 5 aromatic rings. The molecule has 318 valence electrons. The molecule has 3 aliphatic carbocycles. The van der Waals surface area contributed by atoms with Gasteiger partial charge in [-0.3, -0.25) is 14.4 Å². The average molecular weight is 842 g/mol. The van der Waals surface area contributed by atoms with Gasteiger partial charge in [0.15, 0.2) is 11.7 Å². The molecule has 1 saturated carbocycles. The van der Waals surface area contributed by atoms with Crippen LogP contribution in [0.5, 0.6) is 0 Å². The first-order chi connectivity index (χ1) is 29.8. The van der Waals surface area contributed by atoms with Crippen LogP contribution in [0.2, 0.25) is 0 Å². The van der Waals surface area contributed by atoms with Crippen LogP contribution in [0.1, 0.15) is 89.3 Å². The average Bonchev–Trinajstić information content (AvgIpc) is 3.89. The van der Waals surface area contributed by atoms with E-state index in [-0.39, 0.29) is 56.5 Å². The van der Waals surface area contributed by atoms with Crippen LogP contribution < -0.4 is 16.2 Å². The second-order valence-corrected chi connectivity index (χ2v) is 17.0. The lowest BCUT2D eigenvalue weighted by atomic mass is 9.81. The minimum Gasteiger partial charge on any atom is -0.458 e. The molecule has 5 aliphatic rings. The third-order valence-corrected chi connectivity index (χ3v) is 13.5. The van der Waals surface area contributed by atoms with E-state index >= 15 is 4.39 Å². The van der Waals surface area contributed by atoms with Gasteiger partial charge in [0.25, 0.3) is 5.56 Å². The summed E-state index contributed by atoms with van der Waals surface area (Å²) in [6, 6.07) is 18.0. The molecule has 14 nitrogen and oxygen atoms in total. The van der Waals surface area contributed by atoms with E-state index in [4.69, 9.17) is 19.2 Å². The fourth-order valence-electron chi connectivity index (χ4n) is 9.74. The molecule has 0 unspecified atom stereocenters. The highest BCUT2D eigenvalue weighted by Crippen LogP contribution is 2.50. The number of carbonyl (C=O) groups excluding carboxylic acids is 4. The maximum atomic E-state index is 15.4. The van der Waals surface area contributed by atoms with E-state index < -0.39 is 52.5 Å². The summed E-state index contributed by atoms with van der Waals surface area (Å²) < 4.78 is 33.9. The number of likely N-dealkylation sites (N-methyl/N-ethyl adjacent to an activating group) is 1. The van der Waals surface area contributed by atoms with Crippen molar-refractivity contribution in [3.05, 3.63) is 121 Å². The van der Waals surface area contributed by atoms with E-state index in [0.29, 0.717) is 53.7 Å². The number of pyridine rings is 2. The van der Waals surface area contributed by atoms with Crippen molar-refractivity contribution in [2.24, 2.45) is 5.41 Å². The van der Waals surface area contributed by atoms with Gasteiger partial charge in [-0.25, -0.2) is 19.0 Å². The molecule has 0 radical (unpaired) electrons. The Bertz CT molecular complexity index is 2810. The molecular weight excluding hydrogens is 798 g/mol. The Morgan fingerprint density at radius 3 is 2.44 bits per heavy atom. The van der Waals surface area contributed by atoms with E-state index in [1.54, 1.807) is 19.9 Å². The van der Waals surface area contributed by atoms with Gasteiger partial charge in [0.05, 0.1) is 47.1 Å². The first kappa shape index (κ1) is 39.7. The summed E-state index contributed by atoms with van der Waals surface area (Å²) in [4.78, 5) is 73.0. The van der Waals surface area contributed by atoms with E-state index in [9.17, 15) is 29.1 Å². The molecule has 3 N–H and O–H groups in total. The van der Waals surface area contributed by atoms with Crippen molar-refractivity contribution in [1.82, 2.24) is 25.1 Å². The summed E-state index contributed by atoms with van der Waals surface area (Å²) in [5.74, 6) is -1.93. The highest BCUT2D eigenvalue weighted by molar-refractivity contribution is 5.94. The number of hydrogen-bond acceptors (Lipinski definition) is 10. The van der Waals surface area contributed by atoms with Gasteiger partial charge in [-0.15, -0.1) is 0 Å². The zero-order chi connectivity index (χ0) is 43.2. The quantitative estimate of drug-likeness (QED) is 0.0927. The summed E-state index contributed by atoms with van der Waals surface area (Å²) in [5, 5.41) is 18.0. The van der Waals surface area contributed by atoms with Crippen LogP contribution in [0.15, 0.2) is 65.5 Å². The number of carbonyl (C=O) groups is 4. The standard InChI is InChI=1S/C47H44FN5O9/c1-4-47(59)32-17-36-40-30(19-53(36)42(55)31(32)21-61-44(47)57)39-34(14-13-25-24(2)33(48)18-35(50-40)38(25)39)51-43(56)46(15-16-46)22-60-23-49-37(54)20-52(3)45(58)62-41-28-11-7-5-9-26(28)27-10-6-8-12-29(27)41/h5-12,17-18,34,41,59H,4,13-16,19-23H2,1-3H3,(H,49,54)(H,51,56)/t34-,47-/m0/s1. The number of cyclic esters (lactones) is 1. The lowest BCUT2D eigenvalue weighted by Crippen LogP contribution is -2.44. The third-order valence-electron chi connectivity index (χ3n) is 13.5. The number of amides is 3. The van der Waals surface area contributed by atoms with Crippen molar-refractivity contribution in [1.29, 1.82) is 0 Å². The SMILES string of the molecule is CC[C@@]1(O)C(=O)OCc2c1cc1n(c2=O)Cc2c-1nc1cc(F)c(C)c3c1c2[C@@H](NC(=O)C1(COCNC(=O)CN(C)C(=O)OC2c4ccccc4-c4ccccc42)CC1)CC3. The summed E-state index contributed by atoms with van der Waals surface area (Å²) >= 11 is 0. The van der Waals surface area contributed by atoms with Crippen LogP contribution in [0.3, 0.4) is 0 Å². The molecule has 2 atom stereocenters. The number of aliphatic hydroxyl groups is 1. The van der Waals surface area contributed by atoms with Crippen LogP contribution in [-0.2, 0) is 53.8 Å². The molecule has 3 aromatic carbocycles. The predicted octanol–water partition coefficient (Wildman–Crippen LogP) is 5.34. The second kappa shape index (κ2) is 14.6. The molecule has 3 amide bonds. The largest absolute Gasteiger partial charge is 0.458 e. The molecule has 15 heteroatoms. The van der Waals surface area contributed by atoms with Gasteiger partial charge in [0.2, 0.25) is 11.8 Å². The van der Waals surface area contributed by atoms with Gasteiger partial charge in [0.1, 0.15) is 25.7 Å². The van der Waals surface area contributed by atoms with Crippen LogP contribution in [0.25, 0.3) is 33.4 Å². The lowest BCUT2D eigenvalue weighted by Gasteiger charge is -2.31. The number of aryl methyl sites for hydroxylation is 1. The first-order valence-electron chi connectivity index (χ1n) is 20.9. The number of esters is 1. The van der Waals surface area contributed by atoms with Gasteiger partial charge >= 0.3 is 12.1 Å². The van der Waals surface area contributed by atoms with E-state index in [1.165, 1.54) is 22.6 Å². The lowest BCUT2D eigenvalue weighted by molar-refractivity contribution is -0.172. The molecule has 2 aliphatic heterocycles. The van der Waals surface area contributed by atoms with E-state index in [2.05, 4.69) is 10.6 Å². The fourth-order valence-corrected chi connectivity index (χ4v) is 9.74. The van der Waals surface area contributed by atoms with Crippen molar-refractivity contribution in [3.63, 3.8) is 0 Å². The Morgan fingerprint density at radius 1 is 1.03 bits per heavy atom. The number of halogens is 1. The van der Waals surface area contributed by atoms with Gasteiger partial charge in [-0.2, -0.15) is 0 Å². The number of fused-ring (bicyclic) bond motifs is 8. The Balaban J connectivity index is 0.820. The van der Waals surface area contributed by atoms with E-state index in [1.807, 2.05) is 48.5 Å². The number of rotatable bonds is 10. The Kier molecular flexibility index (Phi) is 9.33. The Hall–Kier alpha value is -6.45. The summed E-state index contributed by atoms with van der Waals surface area (Å²) in [5.41, 5.74) is 4.83. The van der Waals surface area contributed by atoms with Crippen LogP contribution in [-0.4, -0.2) is 70.4 Å². The normalized spacial score (nSPS) is 19.7. The molecule has 1 fully saturated rings. The fraction of sp³-hybridized carbons (Fsp3) is 0.362. The molecule has 0 spiro atoms. The number of hydrogen-bond donors (Lipinski definition) is 3. The van der Waals surface area contributed by atoms with Gasteiger partial charge in [-0.1, -0.05) is 55.5 Å². The number of aromatic nitrogens is 2. The molecule has 62 heavy (non-hydrogen) atoms. The van der Waals surface area contributed by atoms with Gasteiger partial charge in [0, 0.05) is 40.8 Å². The van der Waals surface area contributed by atoms with E-state index in [0.717, 1.165) is 38.8 Å². The van der Waals surface area contributed by atoms with Crippen molar-refractivity contribution in [2.45, 2.75) is 76.9 Å². The zero-order valence-electron chi connectivity index (χ0n) is 34.4. The predicted molar refractivity (Wildman–Crippen MR) is 222 cm³/mol. The number of benzene rings is 3. The topological polar surface area (TPSA) is 178 Å². The van der Waals surface area contributed by atoms with Gasteiger partial charge < -0.3 is 39.4 Å². The van der Waals surface area contributed by atoms with Gasteiger partial charge in [-0.05, 0) is 72.9 Å². The Morgan fingerprint density at radius 2 is 1.74 bits per heavy atom. The highest BCUT2D eigenvalue weighted by atomic mass is 19.1. The number of nitrogens with zero attached hydrogens (tertiary/aromatic N) is 3. The van der Waals surface area contributed by atoms with Crippen LogP contribution >= 0.6 is 0 Å². The molecule has 0 saturated heterocycles. The monoisotopic (exact) mass is 841 g/mol. The smallest absolute Gasteiger partial charge is 0.410 e. The summed E-state index contributed by atoms with van der Waals surface area (Å²) in [6.07, 6.45) is 0.839. The summed E-state index contributed by atoms with van der Waals surface area (Å²) in [7, 11) is 1.49. The number of nitrogens with one attached hydrogen (secondary N) is 2. The summed E-state index contributed by atoms with van der Waals surface area (Å²) in [6.45, 7) is 2.80.